The Morgan fingerprint density at radius 1 is 0.613 bits per heavy atom. The van der Waals surface area contributed by atoms with E-state index in [4.69, 9.17) is 37.9 Å². The average molecular weight is 443 g/mol. The molecule has 0 N–H and O–H groups in total. The van der Waals surface area contributed by atoms with E-state index < -0.39 is 11.9 Å². The molecule has 0 unspecified atom stereocenters. The number of hydrogen-bond acceptors (Lipinski definition) is 11. The predicted molar refractivity (Wildman–Crippen MR) is 105 cm³/mol. The molecule has 1 aromatic heterocycles. The Morgan fingerprint density at radius 3 is 1.26 bits per heavy atom. The largest absolute Gasteiger partial charge is 0.497 e. The number of methoxy groups -OCH3 is 1. The lowest BCUT2D eigenvalue weighted by atomic mass is 10.2. The van der Waals surface area contributed by atoms with Gasteiger partial charge in [0.05, 0.1) is 73.2 Å². The van der Waals surface area contributed by atoms with Gasteiger partial charge in [-0.05, 0) is 0 Å². The fourth-order valence-electron chi connectivity index (χ4n) is 2.35. The Morgan fingerprint density at radius 2 is 0.935 bits per heavy atom. The van der Waals surface area contributed by atoms with Crippen LogP contribution in [0.15, 0.2) is 12.1 Å². The van der Waals surface area contributed by atoms with Crippen molar-refractivity contribution in [2.75, 3.05) is 86.4 Å². The van der Waals surface area contributed by atoms with Crippen molar-refractivity contribution in [2.45, 2.75) is 0 Å². The lowest BCUT2D eigenvalue weighted by Gasteiger charge is -2.10. The second kappa shape index (κ2) is 15.5. The van der Waals surface area contributed by atoms with Crippen LogP contribution in [0, 0.1) is 0 Å². The second-order valence-electron chi connectivity index (χ2n) is 6.11. The molecular formula is C20H29NO10. The molecule has 31 heavy (non-hydrogen) atoms. The lowest BCUT2D eigenvalue weighted by Crippen LogP contribution is -2.18. The number of fused-ring (bicyclic) bond motifs is 2. The van der Waals surface area contributed by atoms with Crippen LogP contribution >= 0.6 is 0 Å². The normalized spacial score (nSPS) is 19.5. The monoisotopic (exact) mass is 443 g/mol. The zero-order valence-corrected chi connectivity index (χ0v) is 17.7. The van der Waals surface area contributed by atoms with Crippen molar-refractivity contribution in [3.63, 3.8) is 0 Å². The number of hydrogen-bond donors (Lipinski definition) is 0. The first kappa shape index (κ1) is 25.0. The minimum Gasteiger partial charge on any atom is -0.497 e. The first-order valence-electron chi connectivity index (χ1n) is 9.99. The molecule has 11 nitrogen and oxygen atoms in total. The molecule has 11 heteroatoms. The van der Waals surface area contributed by atoms with Gasteiger partial charge in [-0.15, -0.1) is 0 Å². The summed E-state index contributed by atoms with van der Waals surface area (Å²) < 4.78 is 42.2. The molecule has 0 aliphatic carbocycles. The molecule has 0 spiro atoms. The van der Waals surface area contributed by atoms with E-state index in [1.54, 1.807) is 0 Å². The fourth-order valence-corrected chi connectivity index (χ4v) is 2.35. The van der Waals surface area contributed by atoms with Crippen LogP contribution in [0.1, 0.15) is 21.0 Å². The summed E-state index contributed by atoms with van der Waals surface area (Å²) in [6.07, 6.45) is 0. The van der Waals surface area contributed by atoms with E-state index in [-0.39, 0.29) is 43.6 Å². The van der Waals surface area contributed by atoms with Crippen molar-refractivity contribution in [2.24, 2.45) is 0 Å². The molecule has 0 saturated heterocycles. The highest BCUT2D eigenvalue weighted by Crippen LogP contribution is 2.15. The Balaban J connectivity index is 1.90. The van der Waals surface area contributed by atoms with Gasteiger partial charge in [0.15, 0.2) is 11.4 Å². The molecule has 2 heterocycles. The Bertz CT molecular complexity index is 619. The highest BCUT2D eigenvalue weighted by Gasteiger charge is 2.17. The molecule has 0 aromatic carbocycles. The number of carbonyl (C=O) groups is 2. The number of aromatic nitrogens is 1. The van der Waals surface area contributed by atoms with Gasteiger partial charge in [-0.2, -0.15) is 0 Å². The number of ether oxygens (including phenoxy) is 8. The third kappa shape index (κ3) is 10.5. The number of rotatable bonds is 1. The lowest BCUT2D eigenvalue weighted by molar-refractivity contribution is -0.0183. The molecule has 0 atom stereocenters. The van der Waals surface area contributed by atoms with Gasteiger partial charge in [-0.25, -0.2) is 14.6 Å². The maximum atomic E-state index is 12.2. The molecule has 1 aliphatic heterocycles. The van der Waals surface area contributed by atoms with Crippen molar-refractivity contribution in [1.82, 2.24) is 4.98 Å². The molecule has 0 amide bonds. The van der Waals surface area contributed by atoms with Crippen LogP contribution in [0.3, 0.4) is 0 Å². The summed E-state index contributed by atoms with van der Waals surface area (Å²) in [5, 5.41) is 0. The van der Waals surface area contributed by atoms with Gasteiger partial charge >= 0.3 is 11.9 Å². The molecule has 2 rings (SSSR count). The van der Waals surface area contributed by atoms with E-state index >= 15 is 0 Å². The summed E-state index contributed by atoms with van der Waals surface area (Å²) in [6, 6.07) is 2.76. The summed E-state index contributed by atoms with van der Waals surface area (Å²) in [5.74, 6) is -1.13. The van der Waals surface area contributed by atoms with E-state index in [1.165, 1.54) is 19.2 Å². The molecule has 174 valence electrons. The third-order valence-electron chi connectivity index (χ3n) is 3.86. The van der Waals surface area contributed by atoms with Gasteiger partial charge in [0.2, 0.25) is 0 Å². The highest BCUT2D eigenvalue weighted by molar-refractivity contribution is 5.92. The Kier molecular flexibility index (Phi) is 12.5. The number of carbonyl (C=O) groups excluding carboxylic acids is 2. The average Bonchev–Trinajstić information content (AvgIpc) is 2.79. The van der Waals surface area contributed by atoms with Gasteiger partial charge in [-0.3, -0.25) is 0 Å². The quantitative estimate of drug-likeness (QED) is 0.564. The van der Waals surface area contributed by atoms with Crippen molar-refractivity contribution in [3.05, 3.63) is 23.5 Å². The minimum atomic E-state index is -0.706. The maximum Gasteiger partial charge on any atom is 0.357 e. The van der Waals surface area contributed by atoms with E-state index in [0.717, 1.165) is 0 Å². The molecule has 1 aliphatic rings. The number of pyridine rings is 1. The summed E-state index contributed by atoms with van der Waals surface area (Å²) >= 11 is 0. The summed E-state index contributed by atoms with van der Waals surface area (Å²) in [4.78, 5) is 28.5. The fraction of sp³-hybridized carbons (Fsp3) is 0.650. The minimum absolute atomic E-state index is 0.0257. The van der Waals surface area contributed by atoms with Crippen LogP contribution in [0.25, 0.3) is 0 Å². The molecule has 2 bridgehead atoms. The topological polar surface area (TPSA) is 121 Å². The van der Waals surface area contributed by atoms with Crippen molar-refractivity contribution in [3.8, 4) is 5.75 Å². The number of esters is 2. The van der Waals surface area contributed by atoms with E-state index in [2.05, 4.69) is 4.98 Å². The predicted octanol–water partition coefficient (Wildman–Crippen LogP) is 0.500. The van der Waals surface area contributed by atoms with Crippen LogP contribution in [0.5, 0.6) is 5.75 Å². The summed E-state index contributed by atoms with van der Waals surface area (Å²) in [5.41, 5.74) is -0.144. The van der Waals surface area contributed by atoms with Gasteiger partial charge in [-0.1, -0.05) is 0 Å². The van der Waals surface area contributed by atoms with Crippen LogP contribution < -0.4 is 4.74 Å². The van der Waals surface area contributed by atoms with Crippen LogP contribution in [0.2, 0.25) is 0 Å². The van der Waals surface area contributed by atoms with E-state index in [0.29, 0.717) is 52.9 Å². The highest BCUT2D eigenvalue weighted by atomic mass is 16.6. The molecule has 0 radical (unpaired) electrons. The Labute approximate surface area is 180 Å². The molecule has 1 aromatic rings. The molecule has 0 fully saturated rings. The first-order chi connectivity index (χ1) is 15.2. The van der Waals surface area contributed by atoms with Crippen LogP contribution in [0.4, 0.5) is 0 Å². The third-order valence-corrected chi connectivity index (χ3v) is 3.86. The smallest absolute Gasteiger partial charge is 0.357 e. The zero-order valence-electron chi connectivity index (χ0n) is 17.7. The number of cyclic esters (lactones) is 2. The van der Waals surface area contributed by atoms with Crippen molar-refractivity contribution in [1.29, 1.82) is 0 Å². The van der Waals surface area contributed by atoms with Crippen molar-refractivity contribution >= 4 is 11.9 Å². The van der Waals surface area contributed by atoms with Gasteiger partial charge in [0.1, 0.15) is 19.0 Å². The second-order valence-corrected chi connectivity index (χ2v) is 6.11. The van der Waals surface area contributed by atoms with Crippen molar-refractivity contribution < 1.29 is 47.5 Å². The first-order valence-corrected chi connectivity index (χ1v) is 9.99. The van der Waals surface area contributed by atoms with Crippen LogP contribution in [-0.4, -0.2) is 103 Å². The Hall–Kier alpha value is -2.31. The van der Waals surface area contributed by atoms with E-state index in [9.17, 15) is 9.59 Å². The summed E-state index contributed by atoms with van der Waals surface area (Å²) in [7, 11) is 1.41. The van der Waals surface area contributed by atoms with E-state index in [1.807, 2.05) is 0 Å². The maximum absolute atomic E-state index is 12.2. The molecule has 0 saturated carbocycles. The van der Waals surface area contributed by atoms with Gasteiger partial charge in [0.25, 0.3) is 0 Å². The molecular weight excluding hydrogens is 414 g/mol. The van der Waals surface area contributed by atoms with Gasteiger partial charge < -0.3 is 37.9 Å². The van der Waals surface area contributed by atoms with Gasteiger partial charge in [0, 0.05) is 12.1 Å². The summed E-state index contributed by atoms with van der Waals surface area (Å²) in [6.45, 7) is 3.76. The zero-order chi connectivity index (χ0) is 22.2. The number of nitrogens with zero attached hydrogens (tertiary/aromatic N) is 1. The van der Waals surface area contributed by atoms with Crippen LogP contribution in [-0.2, 0) is 33.2 Å². The standard InChI is InChI=1S/C20H29NO10/c1-24-16-14-17-19(22)30-12-10-28-8-6-26-4-2-25-3-5-27-7-9-29-11-13-31-20(23)18(15-16)21-17/h14-15H,2-13H2,1H3. The SMILES string of the molecule is COc1cc2nc(c1)C(=O)OCCOCCOCCOCCOCCOCCOC2=O.